The van der Waals surface area contributed by atoms with Gasteiger partial charge in [-0.05, 0) is 30.7 Å². The summed E-state index contributed by atoms with van der Waals surface area (Å²) in [5.41, 5.74) is 9.26. The fraction of sp³-hybridized carbons (Fsp3) is 0.133. The number of anilines is 1. The van der Waals surface area contributed by atoms with Crippen molar-refractivity contribution in [3.05, 3.63) is 58.6 Å². The Morgan fingerprint density at radius 3 is 2.63 bits per heavy atom. The quantitative estimate of drug-likeness (QED) is 0.777. The van der Waals surface area contributed by atoms with Crippen LogP contribution in [0.2, 0.25) is 0 Å². The molecule has 1 aromatic heterocycles. The average Bonchev–Trinajstić information content (AvgIpc) is 2.74. The molecule has 0 radical (unpaired) electrons. The van der Waals surface area contributed by atoms with Crippen molar-refractivity contribution in [3.8, 4) is 0 Å². The second kappa shape index (κ2) is 4.70. The fourth-order valence-corrected chi connectivity index (χ4v) is 2.73. The summed E-state index contributed by atoms with van der Waals surface area (Å²) in [7, 11) is 0. The third-order valence-electron chi connectivity index (χ3n) is 3.35. The molecule has 1 unspecified atom stereocenters. The van der Waals surface area contributed by atoms with Gasteiger partial charge in [-0.15, -0.1) is 0 Å². The number of fused-ring (bicyclic) bond motifs is 1. The van der Waals surface area contributed by atoms with Crippen molar-refractivity contribution in [2.45, 2.75) is 13.0 Å². The number of aromatic nitrogens is 2. The maximum Gasteiger partial charge on any atom is 0.201 e. The molecule has 2 aromatic carbocycles. The van der Waals surface area contributed by atoms with Crippen LogP contribution in [0.4, 0.5) is 5.95 Å². The third-order valence-corrected chi connectivity index (χ3v) is 3.84. The highest BCUT2D eigenvalue weighted by Gasteiger charge is 2.15. The van der Waals surface area contributed by atoms with Crippen LogP contribution < -0.4 is 5.73 Å². The summed E-state index contributed by atoms with van der Waals surface area (Å²) in [5.74, 6) is 0.546. The molecule has 4 heteroatoms. The van der Waals surface area contributed by atoms with Gasteiger partial charge in [0.15, 0.2) is 0 Å². The number of nitrogens with two attached hydrogens (primary N) is 1. The topological polar surface area (TPSA) is 43.8 Å². The molecule has 0 saturated carbocycles. The van der Waals surface area contributed by atoms with Crippen LogP contribution in [0.1, 0.15) is 18.5 Å². The molecular formula is C15H14BrN3. The molecule has 0 aliphatic carbocycles. The van der Waals surface area contributed by atoms with E-state index in [0.717, 1.165) is 15.5 Å². The average molecular weight is 316 g/mol. The summed E-state index contributed by atoms with van der Waals surface area (Å²) in [5, 5.41) is 0. The summed E-state index contributed by atoms with van der Waals surface area (Å²) < 4.78 is 3.08. The zero-order valence-corrected chi connectivity index (χ0v) is 12.1. The zero-order chi connectivity index (χ0) is 13.4. The lowest BCUT2D eigenvalue weighted by Gasteiger charge is -2.16. The minimum Gasteiger partial charge on any atom is -0.369 e. The van der Waals surface area contributed by atoms with Crippen LogP contribution in [0.3, 0.4) is 0 Å². The second-order valence-corrected chi connectivity index (χ2v) is 5.48. The molecule has 1 atom stereocenters. The summed E-state index contributed by atoms with van der Waals surface area (Å²) in [6.07, 6.45) is 0. The summed E-state index contributed by atoms with van der Waals surface area (Å²) in [6.45, 7) is 2.13. The molecule has 0 aliphatic rings. The van der Waals surface area contributed by atoms with Crippen LogP contribution in [0.5, 0.6) is 0 Å². The maximum atomic E-state index is 6.08. The first-order chi connectivity index (χ1) is 9.16. The van der Waals surface area contributed by atoms with E-state index in [1.807, 2.05) is 36.4 Å². The molecule has 1 heterocycles. The smallest absolute Gasteiger partial charge is 0.201 e. The Balaban J connectivity index is 2.17. The first-order valence-electron chi connectivity index (χ1n) is 6.15. The van der Waals surface area contributed by atoms with Crippen molar-refractivity contribution in [2.24, 2.45) is 0 Å². The molecule has 0 amide bonds. The first kappa shape index (κ1) is 12.2. The van der Waals surface area contributed by atoms with Gasteiger partial charge in [0.2, 0.25) is 5.95 Å². The molecular weight excluding hydrogens is 302 g/mol. The van der Waals surface area contributed by atoms with Crippen LogP contribution in [-0.4, -0.2) is 9.55 Å². The molecule has 0 saturated heterocycles. The van der Waals surface area contributed by atoms with E-state index in [4.69, 9.17) is 5.73 Å². The van der Waals surface area contributed by atoms with E-state index in [1.54, 1.807) is 0 Å². The van der Waals surface area contributed by atoms with E-state index in [2.05, 4.69) is 44.5 Å². The highest BCUT2D eigenvalue weighted by Crippen LogP contribution is 2.28. The van der Waals surface area contributed by atoms with Gasteiger partial charge in [0.1, 0.15) is 0 Å². The molecule has 3 rings (SSSR count). The molecule has 3 nitrogen and oxygen atoms in total. The molecule has 0 aliphatic heterocycles. The van der Waals surface area contributed by atoms with Crippen molar-refractivity contribution in [1.82, 2.24) is 9.55 Å². The zero-order valence-electron chi connectivity index (χ0n) is 10.5. The minimum absolute atomic E-state index is 0.160. The van der Waals surface area contributed by atoms with E-state index in [0.29, 0.717) is 5.95 Å². The van der Waals surface area contributed by atoms with Crippen molar-refractivity contribution in [1.29, 1.82) is 0 Å². The van der Waals surface area contributed by atoms with E-state index in [-0.39, 0.29) is 6.04 Å². The number of nitrogen functional groups attached to an aromatic ring is 1. The number of rotatable bonds is 2. The SMILES string of the molecule is CC(c1ccccc1)n1c(N)nc2cc(Br)ccc21. The van der Waals surface area contributed by atoms with Crippen molar-refractivity contribution < 1.29 is 0 Å². The Morgan fingerprint density at radius 1 is 1.16 bits per heavy atom. The molecule has 19 heavy (non-hydrogen) atoms. The van der Waals surface area contributed by atoms with E-state index in [9.17, 15) is 0 Å². The van der Waals surface area contributed by atoms with Crippen molar-refractivity contribution >= 4 is 32.9 Å². The number of benzene rings is 2. The number of imidazole rings is 1. The van der Waals surface area contributed by atoms with Crippen molar-refractivity contribution in [2.75, 3.05) is 5.73 Å². The van der Waals surface area contributed by atoms with Gasteiger partial charge in [0, 0.05) is 4.47 Å². The first-order valence-corrected chi connectivity index (χ1v) is 6.94. The number of nitrogens with zero attached hydrogens (tertiary/aromatic N) is 2. The highest BCUT2D eigenvalue weighted by molar-refractivity contribution is 9.10. The van der Waals surface area contributed by atoms with Crippen LogP contribution >= 0.6 is 15.9 Å². The Labute approximate surface area is 120 Å². The number of hydrogen-bond acceptors (Lipinski definition) is 2. The second-order valence-electron chi connectivity index (χ2n) is 4.56. The predicted molar refractivity (Wildman–Crippen MR) is 82.1 cm³/mol. The molecule has 96 valence electrons. The van der Waals surface area contributed by atoms with Gasteiger partial charge in [-0.2, -0.15) is 0 Å². The molecule has 0 bridgehead atoms. The Kier molecular flexibility index (Phi) is 3.03. The van der Waals surface area contributed by atoms with Gasteiger partial charge in [-0.1, -0.05) is 46.3 Å². The lowest BCUT2D eigenvalue weighted by atomic mass is 10.1. The summed E-state index contributed by atoms with van der Waals surface area (Å²) in [4.78, 5) is 4.43. The molecule has 2 N–H and O–H groups in total. The van der Waals surface area contributed by atoms with E-state index < -0.39 is 0 Å². The lowest BCUT2D eigenvalue weighted by Crippen LogP contribution is -2.09. The van der Waals surface area contributed by atoms with Crippen LogP contribution in [0, 0.1) is 0 Å². The van der Waals surface area contributed by atoms with Gasteiger partial charge >= 0.3 is 0 Å². The third kappa shape index (κ3) is 2.12. The molecule has 0 fully saturated rings. The maximum absolute atomic E-state index is 6.08. The van der Waals surface area contributed by atoms with Gasteiger partial charge in [0.25, 0.3) is 0 Å². The largest absolute Gasteiger partial charge is 0.369 e. The lowest BCUT2D eigenvalue weighted by molar-refractivity contribution is 0.668. The fourth-order valence-electron chi connectivity index (χ4n) is 2.38. The van der Waals surface area contributed by atoms with Gasteiger partial charge < -0.3 is 10.3 Å². The monoisotopic (exact) mass is 315 g/mol. The Hall–Kier alpha value is -1.81. The van der Waals surface area contributed by atoms with Crippen LogP contribution in [0.15, 0.2) is 53.0 Å². The highest BCUT2D eigenvalue weighted by atomic mass is 79.9. The van der Waals surface area contributed by atoms with Gasteiger partial charge in [-0.25, -0.2) is 4.98 Å². The van der Waals surface area contributed by atoms with Crippen LogP contribution in [0.25, 0.3) is 11.0 Å². The summed E-state index contributed by atoms with van der Waals surface area (Å²) >= 11 is 3.46. The van der Waals surface area contributed by atoms with Gasteiger partial charge in [0.05, 0.1) is 17.1 Å². The Bertz CT molecular complexity index is 719. The summed E-state index contributed by atoms with van der Waals surface area (Å²) in [6, 6.07) is 16.5. The number of hydrogen-bond donors (Lipinski definition) is 1. The molecule has 0 spiro atoms. The minimum atomic E-state index is 0.160. The normalized spacial score (nSPS) is 12.7. The van der Waals surface area contributed by atoms with Crippen molar-refractivity contribution in [3.63, 3.8) is 0 Å². The Morgan fingerprint density at radius 2 is 1.89 bits per heavy atom. The standard InChI is InChI=1S/C15H14BrN3/c1-10(11-5-3-2-4-6-11)19-14-8-7-12(16)9-13(14)18-15(19)17/h2-10H,1H3,(H2,17,18). The number of halogens is 1. The van der Waals surface area contributed by atoms with E-state index in [1.165, 1.54) is 5.56 Å². The predicted octanol–water partition coefficient (Wildman–Crippen LogP) is 3.99. The molecule has 3 aromatic rings. The van der Waals surface area contributed by atoms with E-state index >= 15 is 0 Å². The van der Waals surface area contributed by atoms with Gasteiger partial charge in [-0.3, -0.25) is 0 Å². The van der Waals surface area contributed by atoms with Crippen LogP contribution in [-0.2, 0) is 0 Å².